The van der Waals surface area contributed by atoms with Crippen LogP contribution in [0.5, 0.6) is 0 Å². The number of hydrogen-bond donors (Lipinski definition) is 0. The van der Waals surface area contributed by atoms with Gasteiger partial charge in [0.05, 0.1) is 0 Å². The van der Waals surface area contributed by atoms with Gasteiger partial charge >= 0.3 is 75.7 Å². The fourth-order valence-corrected chi connectivity index (χ4v) is 0. The first-order chi connectivity index (χ1) is 2.00. The number of rotatable bonds is 0. The molecule has 72 valence electrons. The van der Waals surface area contributed by atoms with Gasteiger partial charge in [-0.05, 0) is 0 Å². The van der Waals surface area contributed by atoms with Gasteiger partial charge in [0.2, 0.25) is 0 Å². The van der Waals surface area contributed by atoms with Crippen molar-refractivity contribution in [1.29, 1.82) is 0 Å². The van der Waals surface area contributed by atoms with E-state index in [1.165, 1.54) is 0 Å². The Hall–Kier alpha value is 3.60. The molecular weight excluding hydrogens is 679 g/mol. The molecule has 0 fully saturated rings. The van der Waals surface area contributed by atoms with Gasteiger partial charge in [0.15, 0.2) is 0 Å². The maximum atomic E-state index is 2.55. The molecule has 10 heavy (non-hydrogen) atoms. The van der Waals surface area contributed by atoms with Crippen molar-refractivity contribution in [3.63, 3.8) is 0 Å². The third kappa shape index (κ3) is 100. The Labute approximate surface area is 100 Å². The van der Waals surface area contributed by atoms with Crippen LogP contribution in [0.15, 0.2) is 0 Å². The Bertz CT molecular complexity index is 29.1. The second-order valence-corrected chi connectivity index (χ2v) is 114. The Morgan fingerprint density at radius 1 is 0.500 bits per heavy atom. The zero-order valence-corrected chi connectivity index (χ0v) is 15.6. The topological polar surface area (TPSA) is 158 Å². The summed E-state index contributed by atoms with van der Waals surface area (Å²) >= 11 is 10.2. The van der Waals surface area contributed by atoms with Gasteiger partial charge in [-0.2, -0.15) is 0 Å². The van der Waals surface area contributed by atoms with Crippen LogP contribution in [0.4, 0.5) is 0 Å². The van der Waals surface area contributed by atoms with Gasteiger partial charge in [0.25, 0.3) is 0 Å². The predicted octanol–water partition coefficient (Wildman–Crippen LogP) is -0.583. The van der Waals surface area contributed by atoms with Crippen molar-refractivity contribution in [2.45, 2.75) is 0 Å². The van der Waals surface area contributed by atoms with E-state index in [0.717, 1.165) is 0 Å². The van der Waals surface area contributed by atoms with Crippen LogP contribution in [0.3, 0.4) is 0 Å². The molecule has 0 rings (SSSR count). The molecule has 0 aromatic heterocycles. The fraction of sp³-hybridized carbons (Fsp3) is 0. The Morgan fingerprint density at radius 3 is 0.500 bits per heavy atom. The predicted molar refractivity (Wildman–Crippen MR) is 74.1 cm³/mol. The second kappa shape index (κ2) is 18.4. The first-order valence-corrected chi connectivity index (χ1v) is 30.0. The van der Waals surface area contributed by atoms with Crippen LogP contribution in [-0.2, 0) is 3.51 Å². The van der Waals surface area contributed by atoms with Crippen molar-refractivity contribution in [3.8, 4) is 0 Å². The Morgan fingerprint density at radius 2 is 0.500 bits per heavy atom. The molecule has 10 heteroatoms. The molecule has 0 amide bonds. The molecule has 0 saturated heterocycles. The van der Waals surface area contributed by atoms with E-state index in [-0.39, 0.29) is 27.4 Å². The van der Waals surface area contributed by atoms with E-state index >= 15 is 0 Å². The SMILES string of the molecule is O.O.O.O.O.[I][Zr]([I])([I])[I]. The van der Waals surface area contributed by atoms with Gasteiger partial charge in [-0.25, -0.2) is 0 Å². The van der Waals surface area contributed by atoms with Gasteiger partial charge in [-0.3, -0.25) is 0 Å². The summed E-state index contributed by atoms with van der Waals surface area (Å²) in [5.74, 6) is 0. The van der Waals surface area contributed by atoms with Gasteiger partial charge in [-0.1, -0.05) is 0 Å². The molecule has 0 bridgehead atoms. The molecule has 0 unspecified atom stereocenters. The number of halogens is 4. The molecule has 0 saturated carbocycles. The molecular formula is H10I4O5Zr. The quantitative estimate of drug-likeness (QED) is 0.299. The molecule has 0 aromatic carbocycles. The van der Waals surface area contributed by atoms with Crippen molar-refractivity contribution in [1.82, 2.24) is 0 Å². The van der Waals surface area contributed by atoms with Gasteiger partial charge < -0.3 is 27.4 Å². The molecule has 10 N–H and O–H groups in total. The first kappa shape index (κ1) is 37.4. The van der Waals surface area contributed by atoms with Crippen LogP contribution in [0.25, 0.3) is 0 Å². The van der Waals surface area contributed by atoms with Gasteiger partial charge in [0.1, 0.15) is 0 Å². The molecule has 0 atom stereocenters. The zero-order chi connectivity index (χ0) is 4.50. The van der Waals surface area contributed by atoms with Crippen LogP contribution in [0, 0.1) is 0 Å². The molecule has 0 spiro atoms. The minimum absolute atomic E-state index is 0. The van der Waals surface area contributed by atoms with E-state index in [1.807, 2.05) is 0 Å². The molecule has 5 nitrogen and oxygen atoms in total. The van der Waals surface area contributed by atoms with E-state index in [4.69, 9.17) is 0 Å². The van der Waals surface area contributed by atoms with Crippen LogP contribution in [0.1, 0.15) is 0 Å². The Kier molecular flexibility index (Phi) is 68.8. The van der Waals surface area contributed by atoms with E-state index in [9.17, 15) is 0 Å². The molecule has 0 heterocycles. The van der Waals surface area contributed by atoms with Crippen LogP contribution in [0.2, 0.25) is 0 Å². The summed E-state index contributed by atoms with van der Waals surface area (Å²) in [7, 11) is 0. The van der Waals surface area contributed by atoms with Crippen molar-refractivity contribution in [2.75, 3.05) is 0 Å². The third-order valence-electron chi connectivity index (χ3n) is 0. The maximum absolute atomic E-state index is 2.55. The van der Waals surface area contributed by atoms with Gasteiger partial charge in [-0.15, -0.1) is 0 Å². The summed E-state index contributed by atoms with van der Waals surface area (Å²) in [6.45, 7) is 0. The van der Waals surface area contributed by atoms with E-state index in [1.54, 1.807) is 0 Å². The van der Waals surface area contributed by atoms with E-state index in [0.29, 0.717) is 0 Å². The number of hydrogen-bond acceptors (Lipinski definition) is 0. The first-order valence-electron chi connectivity index (χ1n) is 0.756. The molecule has 0 aliphatic heterocycles. The molecule has 0 radical (unpaired) electrons. The molecule has 0 aliphatic carbocycles. The van der Waals surface area contributed by atoms with Gasteiger partial charge in [0, 0.05) is 0 Å². The summed E-state index contributed by atoms with van der Waals surface area (Å²) in [5.41, 5.74) is 0. The van der Waals surface area contributed by atoms with Crippen molar-refractivity contribution >= 4 is 72.2 Å². The average Bonchev–Trinajstić information content (AvgIpc) is 0.722. The second-order valence-electron chi connectivity index (χ2n) is 0.429. The van der Waals surface area contributed by atoms with E-state index < -0.39 is 3.51 Å². The van der Waals surface area contributed by atoms with Crippen LogP contribution < -0.4 is 0 Å². The van der Waals surface area contributed by atoms with Crippen molar-refractivity contribution < 1.29 is 30.9 Å². The average molecular weight is 689 g/mol. The third-order valence-corrected chi connectivity index (χ3v) is 0. The Balaban J connectivity index is -0.00000000800. The summed E-state index contributed by atoms with van der Waals surface area (Å²) in [4.78, 5) is 0. The monoisotopic (exact) mass is 688 g/mol. The normalized spacial score (nSPS) is 6.00. The van der Waals surface area contributed by atoms with E-state index in [2.05, 4.69) is 72.2 Å². The summed E-state index contributed by atoms with van der Waals surface area (Å²) in [6, 6.07) is 0. The van der Waals surface area contributed by atoms with Crippen LogP contribution in [-0.4, -0.2) is 27.4 Å². The summed E-state index contributed by atoms with van der Waals surface area (Å²) in [6.07, 6.45) is 0. The zero-order valence-electron chi connectivity index (χ0n) is 4.51. The fourth-order valence-electron chi connectivity index (χ4n) is 0. The van der Waals surface area contributed by atoms with Crippen molar-refractivity contribution in [3.05, 3.63) is 0 Å². The molecule has 0 aliphatic rings. The standard InChI is InChI=1S/4HI.5H2O.Zr/h4*1H;5*1H2;/q;;;;;;;;;+4/p-4. The summed E-state index contributed by atoms with van der Waals surface area (Å²) in [5, 5.41) is 0. The van der Waals surface area contributed by atoms with Crippen LogP contribution >= 0.6 is 72.2 Å². The minimum atomic E-state index is -1.30. The molecule has 0 aromatic rings. The summed E-state index contributed by atoms with van der Waals surface area (Å²) < 4.78 is -1.30. The van der Waals surface area contributed by atoms with Crippen molar-refractivity contribution in [2.24, 2.45) is 0 Å².